The van der Waals surface area contributed by atoms with Crippen LogP contribution in [0.4, 0.5) is 5.95 Å². The molecule has 0 spiro atoms. The van der Waals surface area contributed by atoms with Crippen molar-refractivity contribution in [3.63, 3.8) is 0 Å². The number of nitrogens with zero attached hydrogens (tertiary/aromatic N) is 3. The summed E-state index contributed by atoms with van der Waals surface area (Å²) in [7, 11) is 0. The second-order valence-electron chi connectivity index (χ2n) is 6.02. The Hall–Kier alpha value is -3.00. The molecule has 26 heavy (non-hydrogen) atoms. The lowest BCUT2D eigenvalue weighted by molar-refractivity contribution is -0.117. The molecular formula is C18H21N5O3. The van der Waals surface area contributed by atoms with E-state index in [4.69, 9.17) is 10.5 Å². The summed E-state index contributed by atoms with van der Waals surface area (Å²) in [5.74, 6) is -0.239. The highest BCUT2D eigenvalue weighted by molar-refractivity contribution is 5.96. The summed E-state index contributed by atoms with van der Waals surface area (Å²) in [6.45, 7) is 4.61. The van der Waals surface area contributed by atoms with E-state index in [1.165, 1.54) is 0 Å². The fourth-order valence-corrected chi connectivity index (χ4v) is 2.67. The van der Waals surface area contributed by atoms with Crippen molar-refractivity contribution in [2.75, 3.05) is 37.7 Å². The van der Waals surface area contributed by atoms with Crippen LogP contribution in [0.3, 0.4) is 0 Å². The minimum atomic E-state index is -0.581. The van der Waals surface area contributed by atoms with Crippen molar-refractivity contribution < 1.29 is 14.3 Å². The molecule has 3 rings (SSSR count). The van der Waals surface area contributed by atoms with Crippen molar-refractivity contribution in [3.05, 3.63) is 41.6 Å². The van der Waals surface area contributed by atoms with Gasteiger partial charge in [0.25, 0.3) is 5.91 Å². The fourth-order valence-electron chi connectivity index (χ4n) is 2.67. The number of anilines is 1. The summed E-state index contributed by atoms with van der Waals surface area (Å²) in [5.41, 5.74) is 8.04. The van der Waals surface area contributed by atoms with Gasteiger partial charge in [-0.05, 0) is 25.1 Å². The first-order valence-electron chi connectivity index (χ1n) is 8.38. The molecule has 0 radical (unpaired) electrons. The molecule has 1 aromatic heterocycles. The van der Waals surface area contributed by atoms with Crippen LogP contribution in [0.25, 0.3) is 11.3 Å². The van der Waals surface area contributed by atoms with Gasteiger partial charge >= 0.3 is 0 Å². The Labute approximate surface area is 151 Å². The summed E-state index contributed by atoms with van der Waals surface area (Å²) in [4.78, 5) is 34.0. The maximum atomic E-state index is 11.9. The number of primary amides is 1. The Morgan fingerprint density at radius 1 is 1.19 bits per heavy atom. The number of morpholine rings is 1. The molecule has 1 fully saturated rings. The van der Waals surface area contributed by atoms with Crippen molar-refractivity contribution in [1.82, 2.24) is 15.3 Å². The lowest BCUT2D eigenvalue weighted by Crippen LogP contribution is -2.37. The van der Waals surface area contributed by atoms with Gasteiger partial charge in [-0.1, -0.05) is 12.1 Å². The van der Waals surface area contributed by atoms with Crippen LogP contribution >= 0.6 is 0 Å². The zero-order chi connectivity index (χ0) is 18.5. The maximum absolute atomic E-state index is 11.9. The van der Waals surface area contributed by atoms with Crippen molar-refractivity contribution in [3.8, 4) is 11.3 Å². The Balaban J connectivity index is 1.79. The first-order chi connectivity index (χ1) is 12.5. The van der Waals surface area contributed by atoms with Gasteiger partial charge in [0.05, 0.1) is 25.5 Å². The molecule has 8 nitrogen and oxygen atoms in total. The van der Waals surface area contributed by atoms with Crippen molar-refractivity contribution >= 4 is 17.8 Å². The SMILES string of the molecule is Cc1cc(-c2ccc(C(=O)NCC(N)=O)cc2)nc(N2CCOCC2)n1. The molecule has 2 amide bonds. The molecule has 1 saturated heterocycles. The molecule has 0 atom stereocenters. The van der Waals surface area contributed by atoms with Gasteiger partial charge in [0.15, 0.2) is 0 Å². The predicted molar refractivity (Wildman–Crippen MR) is 96.8 cm³/mol. The third-order valence-corrected chi connectivity index (χ3v) is 4.00. The average Bonchev–Trinajstić information content (AvgIpc) is 2.66. The van der Waals surface area contributed by atoms with Crippen LogP contribution in [0.15, 0.2) is 30.3 Å². The summed E-state index contributed by atoms with van der Waals surface area (Å²) in [6.07, 6.45) is 0. The van der Waals surface area contributed by atoms with E-state index in [0.29, 0.717) is 24.7 Å². The largest absolute Gasteiger partial charge is 0.378 e. The van der Waals surface area contributed by atoms with Crippen LogP contribution in [0.5, 0.6) is 0 Å². The maximum Gasteiger partial charge on any atom is 0.251 e. The number of aryl methyl sites for hydroxylation is 1. The van der Waals surface area contributed by atoms with Crippen LogP contribution in [0.1, 0.15) is 16.1 Å². The minimum absolute atomic E-state index is 0.186. The number of amides is 2. The van der Waals surface area contributed by atoms with E-state index in [1.54, 1.807) is 12.1 Å². The number of nitrogens with two attached hydrogens (primary N) is 1. The predicted octanol–water partition coefficient (Wildman–Crippen LogP) is 0.504. The Bertz CT molecular complexity index is 801. The first kappa shape index (κ1) is 17.8. The van der Waals surface area contributed by atoms with Gasteiger partial charge in [-0.15, -0.1) is 0 Å². The smallest absolute Gasteiger partial charge is 0.251 e. The number of hydrogen-bond donors (Lipinski definition) is 2. The molecule has 2 heterocycles. The highest BCUT2D eigenvalue weighted by Crippen LogP contribution is 2.21. The van der Waals surface area contributed by atoms with Crippen molar-refractivity contribution in [2.24, 2.45) is 5.73 Å². The topological polar surface area (TPSA) is 110 Å². The second kappa shape index (κ2) is 7.92. The normalized spacial score (nSPS) is 14.1. The number of carbonyl (C=O) groups is 2. The summed E-state index contributed by atoms with van der Waals surface area (Å²) in [6, 6.07) is 8.94. The zero-order valence-corrected chi connectivity index (χ0v) is 14.6. The number of nitrogens with one attached hydrogen (secondary N) is 1. The van der Waals surface area contributed by atoms with Gasteiger partial charge in [0.1, 0.15) is 0 Å². The standard InChI is InChI=1S/C18H21N5O3/c1-12-10-15(22-18(21-12)23-6-8-26-9-7-23)13-2-4-14(5-3-13)17(25)20-11-16(19)24/h2-5,10H,6-9,11H2,1H3,(H2,19,24)(H,20,25). The lowest BCUT2D eigenvalue weighted by atomic mass is 10.1. The first-order valence-corrected chi connectivity index (χ1v) is 8.38. The number of benzene rings is 1. The van der Waals surface area contributed by atoms with Crippen molar-refractivity contribution in [2.45, 2.75) is 6.92 Å². The average molecular weight is 355 g/mol. The van der Waals surface area contributed by atoms with Crippen LogP contribution < -0.4 is 16.0 Å². The van der Waals surface area contributed by atoms with Crippen LogP contribution in [0.2, 0.25) is 0 Å². The Morgan fingerprint density at radius 2 is 1.88 bits per heavy atom. The fraction of sp³-hybridized carbons (Fsp3) is 0.333. The van der Waals surface area contributed by atoms with Crippen LogP contribution in [-0.2, 0) is 9.53 Å². The quantitative estimate of drug-likeness (QED) is 0.808. The number of ether oxygens (including phenoxy) is 1. The molecule has 136 valence electrons. The molecule has 1 aliphatic rings. The molecule has 0 saturated carbocycles. The number of aromatic nitrogens is 2. The molecule has 0 unspecified atom stereocenters. The van der Waals surface area contributed by atoms with Gasteiger partial charge in [-0.25, -0.2) is 9.97 Å². The summed E-state index contributed by atoms with van der Waals surface area (Å²) < 4.78 is 5.37. The molecule has 3 N–H and O–H groups in total. The highest BCUT2D eigenvalue weighted by Gasteiger charge is 2.15. The second-order valence-corrected chi connectivity index (χ2v) is 6.02. The van der Waals surface area contributed by atoms with E-state index >= 15 is 0 Å². The summed E-state index contributed by atoms with van der Waals surface area (Å²) >= 11 is 0. The van der Waals surface area contributed by atoms with Gasteiger partial charge in [-0.3, -0.25) is 9.59 Å². The minimum Gasteiger partial charge on any atom is -0.378 e. The summed E-state index contributed by atoms with van der Waals surface area (Å²) in [5, 5.41) is 2.46. The lowest BCUT2D eigenvalue weighted by Gasteiger charge is -2.27. The van der Waals surface area contributed by atoms with E-state index in [-0.39, 0.29) is 12.5 Å². The molecule has 0 aliphatic carbocycles. The van der Waals surface area contributed by atoms with E-state index < -0.39 is 5.91 Å². The third-order valence-electron chi connectivity index (χ3n) is 4.00. The molecule has 8 heteroatoms. The van der Waals surface area contributed by atoms with Gasteiger partial charge < -0.3 is 20.7 Å². The van der Waals surface area contributed by atoms with E-state index in [2.05, 4.69) is 20.2 Å². The van der Waals surface area contributed by atoms with Crippen molar-refractivity contribution in [1.29, 1.82) is 0 Å². The zero-order valence-electron chi connectivity index (χ0n) is 14.6. The molecule has 0 bridgehead atoms. The van der Waals surface area contributed by atoms with E-state index in [0.717, 1.165) is 30.0 Å². The Morgan fingerprint density at radius 3 is 2.54 bits per heavy atom. The molecule has 1 aromatic carbocycles. The van der Waals surface area contributed by atoms with Crippen LogP contribution in [-0.4, -0.2) is 54.6 Å². The van der Waals surface area contributed by atoms with Gasteiger partial charge in [0, 0.05) is 29.9 Å². The highest BCUT2D eigenvalue weighted by atomic mass is 16.5. The molecular weight excluding hydrogens is 334 g/mol. The van der Waals surface area contributed by atoms with Gasteiger partial charge in [0.2, 0.25) is 11.9 Å². The molecule has 1 aliphatic heterocycles. The number of rotatable bonds is 5. The monoisotopic (exact) mass is 355 g/mol. The Kier molecular flexibility index (Phi) is 5.43. The van der Waals surface area contributed by atoms with Crippen LogP contribution in [0, 0.1) is 6.92 Å². The van der Waals surface area contributed by atoms with E-state index in [1.807, 2.05) is 25.1 Å². The number of carbonyl (C=O) groups excluding carboxylic acids is 2. The van der Waals surface area contributed by atoms with Gasteiger partial charge in [-0.2, -0.15) is 0 Å². The molecule has 2 aromatic rings. The third kappa shape index (κ3) is 4.34. The van der Waals surface area contributed by atoms with E-state index in [9.17, 15) is 9.59 Å². The number of hydrogen-bond acceptors (Lipinski definition) is 6.